The summed E-state index contributed by atoms with van der Waals surface area (Å²) in [7, 11) is 0. The van der Waals surface area contributed by atoms with Crippen molar-refractivity contribution in [3.05, 3.63) is 29.9 Å². The van der Waals surface area contributed by atoms with Crippen LogP contribution in [0.1, 0.15) is 39.3 Å². The van der Waals surface area contributed by atoms with Gasteiger partial charge < -0.3 is 26.9 Å². The number of aromatic nitrogens is 2. The van der Waals surface area contributed by atoms with E-state index < -0.39 is 0 Å². The molecule has 0 spiro atoms. The number of hydrogen-bond donors (Lipinski definition) is 1. The average molecular weight is 288 g/mol. The first-order valence-electron chi connectivity index (χ1n) is 5.74. The number of H-pyrrole nitrogens is 1. The van der Waals surface area contributed by atoms with Crippen LogP contribution >= 0.6 is 0 Å². The molecule has 20 heavy (non-hydrogen) atoms. The molecule has 2 rings (SSSR count). The van der Waals surface area contributed by atoms with Crippen LogP contribution in [0, 0.1) is 17.8 Å². The summed E-state index contributed by atoms with van der Waals surface area (Å²) in [6.07, 6.45) is 9.77. The fraction of sp³-hybridized carbons (Fsp3) is 0.500. The van der Waals surface area contributed by atoms with Crippen LogP contribution in [0.15, 0.2) is 24.2 Å². The molecule has 0 aromatic carbocycles. The molecule has 0 aliphatic heterocycles. The summed E-state index contributed by atoms with van der Waals surface area (Å²) in [4.78, 5) is 7.15. The fourth-order valence-electron chi connectivity index (χ4n) is 1.82. The first kappa shape index (κ1) is 26.8. The lowest BCUT2D eigenvalue weighted by Gasteiger charge is -2.03. The van der Waals surface area contributed by atoms with Gasteiger partial charge in [-0.3, -0.25) is 0 Å². The summed E-state index contributed by atoms with van der Waals surface area (Å²) in [5.74, 6) is 6.10. The molecule has 0 radical (unpaired) electrons. The van der Waals surface area contributed by atoms with Crippen LogP contribution in [0.3, 0.4) is 0 Å². The maximum absolute atomic E-state index is 4.01. The Bertz CT molecular complexity index is 385. The van der Waals surface area contributed by atoms with Crippen molar-refractivity contribution in [2.24, 2.45) is 5.92 Å². The van der Waals surface area contributed by atoms with E-state index >= 15 is 0 Å². The Morgan fingerprint density at radius 3 is 2.15 bits per heavy atom. The van der Waals surface area contributed by atoms with Gasteiger partial charge in [0, 0.05) is 11.9 Å². The Hall–Kier alpha value is -1.65. The van der Waals surface area contributed by atoms with Gasteiger partial charge in [0.05, 0.1) is 6.33 Å². The van der Waals surface area contributed by atoms with Crippen molar-refractivity contribution in [3.8, 4) is 11.8 Å². The minimum absolute atomic E-state index is 0. The van der Waals surface area contributed by atoms with Crippen LogP contribution in [0.25, 0.3) is 0 Å². The van der Waals surface area contributed by atoms with Gasteiger partial charge >= 0.3 is 0 Å². The highest BCUT2D eigenvalue weighted by atomic mass is 16.0. The number of aromatic amines is 1. The van der Waals surface area contributed by atoms with Crippen LogP contribution in [0.2, 0.25) is 0 Å². The van der Waals surface area contributed by atoms with E-state index in [1.165, 1.54) is 18.5 Å². The Kier molecular flexibility index (Phi) is 20.7. The molecule has 1 unspecified atom stereocenters. The first-order valence-corrected chi connectivity index (χ1v) is 5.74. The van der Waals surface area contributed by atoms with E-state index in [0.717, 1.165) is 12.3 Å². The average Bonchev–Trinajstić information content (AvgIpc) is 2.91. The van der Waals surface area contributed by atoms with E-state index in [-0.39, 0.29) is 21.9 Å². The summed E-state index contributed by atoms with van der Waals surface area (Å²) in [6, 6.07) is 0. The van der Waals surface area contributed by atoms with Crippen LogP contribution in [0.5, 0.6) is 0 Å². The molecule has 0 bridgehead atoms. The molecule has 1 atom stereocenters. The molecular formula is C14H28N2O4. The molecule has 9 N–H and O–H groups in total. The van der Waals surface area contributed by atoms with Gasteiger partial charge in [-0.25, -0.2) is 4.98 Å². The summed E-state index contributed by atoms with van der Waals surface area (Å²) in [5.41, 5.74) is 2.80. The Morgan fingerprint density at radius 2 is 1.80 bits per heavy atom. The first-order chi connectivity index (χ1) is 7.76. The Labute approximate surface area is 120 Å². The van der Waals surface area contributed by atoms with Gasteiger partial charge in [0.1, 0.15) is 0 Å². The highest BCUT2D eigenvalue weighted by Gasteiger charge is 2.13. The quantitative estimate of drug-likeness (QED) is 0.592. The van der Waals surface area contributed by atoms with Crippen LogP contribution in [-0.2, 0) is 6.42 Å². The number of nitrogens with zero attached hydrogens (tertiary/aromatic N) is 1. The van der Waals surface area contributed by atoms with Gasteiger partial charge in [0.2, 0.25) is 0 Å². The van der Waals surface area contributed by atoms with E-state index in [2.05, 4.69) is 34.8 Å². The lowest BCUT2D eigenvalue weighted by atomic mass is 10.0. The van der Waals surface area contributed by atoms with E-state index in [1.54, 1.807) is 11.9 Å². The molecule has 0 amide bonds. The molecule has 6 nitrogen and oxygen atoms in total. The second-order valence-electron chi connectivity index (χ2n) is 4.09. The van der Waals surface area contributed by atoms with Gasteiger partial charge in [-0.1, -0.05) is 11.6 Å². The summed E-state index contributed by atoms with van der Waals surface area (Å²) in [6.45, 7) is 5.85. The molecular weight excluding hydrogens is 260 g/mol. The topological polar surface area (TPSA) is 155 Å². The maximum atomic E-state index is 4.01. The van der Waals surface area contributed by atoms with Crippen LogP contribution in [0.4, 0.5) is 0 Å². The van der Waals surface area contributed by atoms with Crippen LogP contribution in [-0.4, -0.2) is 31.9 Å². The minimum atomic E-state index is 0. The van der Waals surface area contributed by atoms with E-state index in [9.17, 15) is 0 Å². The zero-order chi connectivity index (χ0) is 11.8. The number of rotatable bonds is 2. The van der Waals surface area contributed by atoms with Gasteiger partial charge in [-0.2, -0.15) is 0 Å². The summed E-state index contributed by atoms with van der Waals surface area (Å²) < 4.78 is 0. The molecule has 1 aliphatic carbocycles. The van der Waals surface area contributed by atoms with E-state index in [4.69, 9.17) is 0 Å². The molecule has 1 aromatic heterocycles. The summed E-state index contributed by atoms with van der Waals surface area (Å²) >= 11 is 0. The standard InChI is InChI=1S/C10H14N2.C4H6.4H2O/c1-8-2-3-9(4-8)5-10-6-11-7-12-10;1-3-4-2;;;;/h4,6-7,9H,2-3,5H2,1H3,(H,11,12);1-2H3;4*1H2. The third-order valence-corrected chi connectivity index (χ3v) is 2.72. The van der Waals surface area contributed by atoms with Crippen molar-refractivity contribution in [3.63, 3.8) is 0 Å². The van der Waals surface area contributed by atoms with Crippen molar-refractivity contribution >= 4 is 0 Å². The molecule has 0 fully saturated rings. The molecule has 6 heteroatoms. The Balaban J connectivity index is -0.000000145. The largest absolute Gasteiger partial charge is 0.412 e. The highest BCUT2D eigenvalue weighted by Crippen LogP contribution is 2.25. The molecule has 1 heterocycles. The van der Waals surface area contributed by atoms with Crippen molar-refractivity contribution in [2.45, 2.75) is 40.0 Å². The highest BCUT2D eigenvalue weighted by molar-refractivity contribution is 5.11. The SMILES string of the molecule is CC#CC.CC1=CC(Cc2cnc[nH]2)CC1.O.O.O.O. The predicted molar refractivity (Wildman–Crippen MR) is 82.4 cm³/mol. The van der Waals surface area contributed by atoms with Crippen molar-refractivity contribution in [1.82, 2.24) is 9.97 Å². The number of imidazole rings is 1. The van der Waals surface area contributed by atoms with Gasteiger partial charge in [0.15, 0.2) is 0 Å². The molecule has 0 saturated carbocycles. The number of nitrogens with one attached hydrogen (secondary N) is 1. The molecule has 118 valence electrons. The van der Waals surface area contributed by atoms with Gasteiger partial charge in [-0.15, -0.1) is 11.8 Å². The number of hydrogen-bond acceptors (Lipinski definition) is 1. The molecule has 0 saturated heterocycles. The zero-order valence-corrected chi connectivity index (χ0v) is 12.4. The van der Waals surface area contributed by atoms with E-state index in [1.807, 2.05) is 20.0 Å². The lowest BCUT2D eigenvalue weighted by Crippen LogP contribution is -1.97. The lowest BCUT2D eigenvalue weighted by molar-refractivity contribution is 0.620. The third-order valence-electron chi connectivity index (χ3n) is 2.72. The second kappa shape index (κ2) is 15.4. The third kappa shape index (κ3) is 10.3. The van der Waals surface area contributed by atoms with Crippen molar-refractivity contribution in [1.29, 1.82) is 0 Å². The monoisotopic (exact) mass is 288 g/mol. The van der Waals surface area contributed by atoms with Crippen molar-refractivity contribution in [2.75, 3.05) is 0 Å². The van der Waals surface area contributed by atoms with Crippen LogP contribution < -0.4 is 0 Å². The zero-order valence-electron chi connectivity index (χ0n) is 12.4. The van der Waals surface area contributed by atoms with E-state index in [0.29, 0.717) is 0 Å². The molecule has 1 aromatic rings. The summed E-state index contributed by atoms with van der Waals surface area (Å²) in [5, 5.41) is 0. The molecule has 1 aliphatic rings. The van der Waals surface area contributed by atoms with Gasteiger partial charge in [0.25, 0.3) is 0 Å². The smallest absolute Gasteiger partial charge is 0.0921 e. The normalized spacial score (nSPS) is 14.3. The maximum Gasteiger partial charge on any atom is 0.0921 e. The van der Waals surface area contributed by atoms with Crippen molar-refractivity contribution < 1.29 is 21.9 Å². The minimum Gasteiger partial charge on any atom is -0.412 e. The second-order valence-corrected chi connectivity index (χ2v) is 4.09. The fourth-order valence-corrected chi connectivity index (χ4v) is 1.82. The van der Waals surface area contributed by atoms with Gasteiger partial charge in [-0.05, 0) is 46.0 Å². The Morgan fingerprint density at radius 1 is 1.20 bits per heavy atom. The predicted octanol–water partition coefficient (Wildman–Crippen LogP) is 0.0393. The number of allylic oxidation sites excluding steroid dienone is 2.